The minimum absolute atomic E-state index is 0.0141. The largest absolute Gasteiger partial charge is 0.495 e. The van der Waals surface area contributed by atoms with Crippen LogP contribution >= 0.6 is 11.6 Å². The fourth-order valence-corrected chi connectivity index (χ4v) is 3.94. The maximum absolute atomic E-state index is 12.7. The Labute approximate surface area is 180 Å². The van der Waals surface area contributed by atoms with E-state index in [4.69, 9.17) is 21.4 Å². The first-order valence-electron chi connectivity index (χ1n) is 10.1. The number of fused-ring (bicyclic) bond motifs is 1. The van der Waals surface area contributed by atoms with Gasteiger partial charge in [0.15, 0.2) is 11.5 Å². The number of hydrogen-bond donors (Lipinski definition) is 1. The molecule has 0 radical (unpaired) electrons. The first-order valence-corrected chi connectivity index (χ1v) is 10.5. The van der Waals surface area contributed by atoms with Crippen molar-refractivity contribution in [3.63, 3.8) is 0 Å². The molecule has 0 atom stereocenters. The third-order valence-corrected chi connectivity index (χ3v) is 5.69. The summed E-state index contributed by atoms with van der Waals surface area (Å²) in [6.07, 6.45) is 1.52. The minimum atomic E-state index is -0.0491. The number of carbonyl (C=O) groups excluding carboxylic acids is 1. The first kappa shape index (κ1) is 20.4. The summed E-state index contributed by atoms with van der Waals surface area (Å²) in [6.45, 7) is 5.67. The topological polar surface area (TPSA) is 84.6 Å². The zero-order valence-electron chi connectivity index (χ0n) is 17.3. The second-order valence-corrected chi connectivity index (χ2v) is 8.18. The number of rotatable bonds is 5. The highest BCUT2D eigenvalue weighted by atomic mass is 35.5. The Morgan fingerprint density at radius 2 is 1.97 bits per heavy atom. The molecular weight excluding hydrogens is 404 g/mol. The average Bonchev–Trinajstić information content (AvgIpc) is 3.17. The molecule has 30 heavy (non-hydrogen) atoms. The molecule has 1 fully saturated rings. The van der Waals surface area contributed by atoms with E-state index in [0.29, 0.717) is 16.5 Å². The molecule has 1 aliphatic rings. The van der Waals surface area contributed by atoms with E-state index in [9.17, 15) is 4.79 Å². The van der Waals surface area contributed by atoms with E-state index >= 15 is 0 Å². The van der Waals surface area contributed by atoms with E-state index in [1.165, 1.54) is 0 Å². The molecule has 2 aromatic heterocycles. The zero-order chi connectivity index (χ0) is 21.3. The van der Waals surface area contributed by atoms with E-state index in [1.54, 1.807) is 25.3 Å². The van der Waals surface area contributed by atoms with Crippen molar-refractivity contribution < 1.29 is 9.53 Å². The highest BCUT2D eigenvalue weighted by molar-refractivity contribution is 6.32. The number of benzene rings is 1. The van der Waals surface area contributed by atoms with Gasteiger partial charge in [0.1, 0.15) is 11.6 Å². The molecule has 0 bridgehead atoms. The number of carbonyl (C=O) groups is 1. The molecule has 1 amide bonds. The van der Waals surface area contributed by atoms with Crippen molar-refractivity contribution in [2.45, 2.75) is 32.6 Å². The molecule has 0 saturated carbocycles. The van der Waals surface area contributed by atoms with Gasteiger partial charge in [0.25, 0.3) is 0 Å². The van der Waals surface area contributed by atoms with Crippen molar-refractivity contribution >= 4 is 34.7 Å². The second-order valence-electron chi connectivity index (χ2n) is 7.77. The van der Waals surface area contributed by atoms with Gasteiger partial charge in [-0.15, -0.1) is 15.3 Å². The Hall–Kier alpha value is -2.87. The summed E-state index contributed by atoms with van der Waals surface area (Å²) in [6, 6.07) is 9.15. The van der Waals surface area contributed by atoms with Crippen LogP contribution in [0.1, 0.15) is 38.4 Å². The summed E-state index contributed by atoms with van der Waals surface area (Å²) in [7, 11) is 1.56. The van der Waals surface area contributed by atoms with Crippen LogP contribution in [-0.2, 0) is 4.79 Å². The van der Waals surface area contributed by atoms with Gasteiger partial charge >= 0.3 is 0 Å². The van der Waals surface area contributed by atoms with Crippen molar-refractivity contribution in [3.05, 3.63) is 41.2 Å². The van der Waals surface area contributed by atoms with Gasteiger partial charge in [-0.05, 0) is 43.2 Å². The van der Waals surface area contributed by atoms with Gasteiger partial charge in [-0.1, -0.05) is 25.4 Å². The van der Waals surface area contributed by atoms with Crippen LogP contribution in [0.3, 0.4) is 0 Å². The Morgan fingerprint density at radius 3 is 2.63 bits per heavy atom. The van der Waals surface area contributed by atoms with Crippen molar-refractivity contribution in [2.24, 2.45) is 5.92 Å². The third kappa shape index (κ3) is 4.05. The van der Waals surface area contributed by atoms with Crippen LogP contribution in [0, 0.1) is 5.92 Å². The van der Waals surface area contributed by atoms with Crippen LogP contribution < -0.4 is 15.0 Å². The van der Waals surface area contributed by atoms with Crippen LogP contribution in [-0.4, -0.2) is 45.9 Å². The predicted octanol–water partition coefficient (Wildman–Crippen LogP) is 3.76. The summed E-state index contributed by atoms with van der Waals surface area (Å²) in [5, 5.41) is 16.6. The molecule has 8 nitrogen and oxygen atoms in total. The standard InChI is InChI=1S/C21H25ClN6O2/c1-13(2)20-25-24-18-6-7-19(26-28(18)20)27-10-8-14(9-11-27)21(29)23-15-4-5-17(30-3)16(22)12-15/h4-7,12-14H,8-11H2,1-3H3,(H,23,29). The van der Waals surface area contributed by atoms with Gasteiger partial charge in [-0.25, -0.2) is 0 Å². The van der Waals surface area contributed by atoms with Gasteiger partial charge in [0.05, 0.1) is 12.1 Å². The summed E-state index contributed by atoms with van der Waals surface area (Å²) in [4.78, 5) is 14.9. The normalized spacial score (nSPS) is 15.0. The lowest BCUT2D eigenvalue weighted by Crippen LogP contribution is -2.38. The zero-order valence-corrected chi connectivity index (χ0v) is 18.1. The van der Waals surface area contributed by atoms with E-state index in [-0.39, 0.29) is 17.7 Å². The summed E-state index contributed by atoms with van der Waals surface area (Å²) < 4.78 is 6.96. The van der Waals surface area contributed by atoms with Crippen molar-refractivity contribution in [2.75, 3.05) is 30.4 Å². The van der Waals surface area contributed by atoms with Gasteiger partial charge in [-0.2, -0.15) is 4.52 Å². The lowest BCUT2D eigenvalue weighted by atomic mass is 9.96. The Balaban J connectivity index is 1.40. The maximum atomic E-state index is 12.7. The number of ether oxygens (including phenoxy) is 1. The third-order valence-electron chi connectivity index (χ3n) is 5.40. The summed E-state index contributed by atoms with van der Waals surface area (Å²) >= 11 is 6.15. The summed E-state index contributed by atoms with van der Waals surface area (Å²) in [5.41, 5.74) is 1.42. The second kappa shape index (κ2) is 8.47. The SMILES string of the molecule is COc1ccc(NC(=O)C2CCN(c3ccc4nnc(C(C)C)n4n3)CC2)cc1Cl. The van der Waals surface area contributed by atoms with Crippen molar-refractivity contribution in [3.8, 4) is 5.75 Å². The minimum Gasteiger partial charge on any atom is -0.495 e. The molecule has 1 N–H and O–H groups in total. The number of aromatic nitrogens is 4. The highest BCUT2D eigenvalue weighted by Gasteiger charge is 2.26. The summed E-state index contributed by atoms with van der Waals surface area (Å²) in [5.74, 6) is 2.52. The van der Waals surface area contributed by atoms with Gasteiger partial charge in [0.2, 0.25) is 5.91 Å². The fourth-order valence-electron chi connectivity index (χ4n) is 3.68. The number of hydrogen-bond acceptors (Lipinski definition) is 6. The van der Waals surface area contributed by atoms with Crippen LogP contribution in [0.5, 0.6) is 5.75 Å². The molecule has 3 aromatic rings. The van der Waals surface area contributed by atoms with E-state index < -0.39 is 0 Å². The quantitative estimate of drug-likeness (QED) is 0.666. The van der Waals surface area contributed by atoms with E-state index in [2.05, 4.69) is 34.3 Å². The highest BCUT2D eigenvalue weighted by Crippen LogP contribution is 2.28. The molecule has 1 aromatic carbocycles. The number of amides is 1. The van der Waals surface area contributed by atoms with Gasteiger partial charge in [0, 0.05) is 30.6 Å². The van der Waals surface area contributed by atoms with E-state index in [1.807, 2.05) is 16.6 Å². The molecule has 0 spiro atoms. The maximum Gasteiger partial charge on any atom is 0.227 e. The van der Waals surface area contributed by atoms with Crippen LogP contribution in [0.4, 0.5) is 11.5 Å². The van der Waals surface area contributed by atoms with E-state index in [0.717, 1.165) is 43.2 Å². The first-order chi connectivity index (χ1) is 14.5. The lowest BCUT2D eigenvalue weighted by molar-refractivity contribution is -0.120. The molecule has 9 heteroatoms. The molecule has 4 rings (SSSR count). The van der Waals surface area contributed by atoms with Crippen LogP contribution in [0.25, 0.3) is 5.65 Å². The lowest BCUT2D eigenvalue weighted by Gasteiger charge is -2.32. The van der Waals surface area contributed by atoms with Gasteiger partial charge in [-0.3, -0.25) is 4.79 Å². The number of methoxy groups -OCH3 is 1. The predicted molar refractivity (Wildman–Crippen MR) is 116 cm³/mol. The molecule has 3 heterocycles. The monoisotopic (exact) mass is 428 g/mol. The van der Waals surface area contributed by atoms with Crippen LogP contribution in [0.2, 0.25) is 5.02 Å². The van der Waals surface area contributed by atoms with Crippen LogP contribution in [0.15, 0.2) is 30.3 Å². The smallest absolute Gasteiger partial charge is 0.227 e. The molecule has 158 valence electrons. The Morgan fingerprint density at radius 1 is 1.20 bits per heavy atom. The molecule has 1 saturated heterocycles. The average molecular weight is 429 g/mol. The van der Waals surface area contributed by atoms with Gasteiger partial charge < -0.3 is 15.0 Å². The molecule has 0 unspecified atom stereocenters. The Bertz CT molecular complexity index is 1060. The molecule has 0 aliphatic carbocycles. The Kier molecular flexibility index (Phi) is 5.76. The molecule has 1 aliphatic heterocycles. The number of halogens is 1. The number of piperidine rings is 1. The number of anilines is 2. The van der Waals surface area contributed by atoms with Crippen molar-refractivity contribution in [1.82, 2.24) is 19.8 Å². The number of nitrogens with zero attached hydrogens (tertiary/aromatic N) is 5. The fraction of sp³-hybridized carbons (Fsp3) is 0.429. The number of nitrogens with one attached hydrogen (secondary N) is 1. The van der Waals surface area contributed by atoms with Crippen molar-refractivity contribution in [1.29, 1.82) is 0 Å². The molecular formula is C21H25ClN6O2.